The highest BCUT2D eigenvalue weighted by atomic mass is 79.9. The second kappa shape index (κ2) is 5.76. The fourth-order valence-electron chi connectivity index (χ4n) is 2.41. The van der Waals surface area contributed by atoms with Crippen molar-refractivity contribution in [3.05, 3.63) is 15.9 Å². The number of aryl methyl sites for hydroxylation is 2. The first-order chi connectivity index (χ1) is 8.17. The molecule has 2 heterocycles. The molecule has 5 heteroatoms. The lowest BCUT2D eigenvalue weighted by Crippen LogP contribution is -2.33. The summed E-state index contributed by atoms with van der Waals surface area (Å²) in [5.41, 5.74) is 2.52. The van der Waals surface area contributed by atoms with E-state index in [2.05, 4.69) is 59.1 Å². The molecule has 2 unspecified atom stereocenters. The molecule has 1 fully saturated rings. The van der Waals surface area contributed by atoms with Gasteiger partial charge in [0.2, 0.25) is 0 Å². The van der Waals surface area contributed by atoms with Crippen LogP contribution in [-0.2, 0) is 19.9 Å². The van der Waals surface area contributed by atoms with E-state index in [1.807, 2.05) is 4.68 Å². The number of aromatic nitrogens is 2. The second-order valence-corrected chi connectivity index (χ2v) is 6.45. The summed E-state index contributed by atoms with van der Waals surface area (Å²) in [6.07, 6.45) is 2.10. The predicted octanol–water partition coefficient (Wildman–Crippen LogP) is 2.24. The first-order valence-electron chi connectivity index (χ1n) is 6.12. The van der Waals surface area contributed by atoms with Crippen LogP contribution in [0.15, 0.2) is 4.47 Å². The van der Waals surface area contributed by atoms with E-state index in [1.54, 1.807) is 0 Å². The molecule has 17 heavy (non-hydrogen) atoms. The van der Waals surface area contributed by atoms with Crippen LogP contribution in [-0.4, -0.2) is 34.4 Å². The summed E-state index contributed by atoms with van der Waals surface area (Å²) in [6, 6.07) is 0.645. The summed E-state index contributed by atoms with van der Waals surface area (Å²) in [7, 11) is 4.12. The van der Waals surface area contributed by atoms with Gasteiger partial charge in [0.1, 0.15) is 0 Å². The van der Waals surface area contributed by atoms with Gasteiger partial charge in [-0.05, 0) is 47.5 Å². The molecule has 1 saturated heterocycles. The minimum absolute atomic E-state index is 0.645. The van der Waals surface area contributed by atoms with Crippen LogP contribution in [0.2, 0.25) is 0 Å². The standard InChI is InChI=1S/C12H20BrN3S/c1-4-9-12(13)11(16(3)15-9)5-8-6-17-7-10(8)14-2/h8,10,14H,4-7H2,1-3H3. The molecule has 0 bridgehead atoms. The van der Waals surface area contributed by atoms with Gasteiger partial charge < -0.3 is 5.32 Å². The van der Waals surface area contributed by atoms with Gasteiger partial charge in [0.15, 0.2) is 0 Å². The molecule has 0 amide bonds. The van der Waals surface area contributed by atoms with Gasteiger partial charge in [-0.25, -0.2) is 0 Å². The smallest absolute Gasteiger partial charge is 0.0766 e. The van der Waals surface area contributed by atoms with Crippen LogP contribution in [0.3, 0.4) is 0 Å². The molecule has 1 aliphatic rings. The third-order valence-electron chi connectivity index (χ3n) is 3.53. The quantitative estimate of drug-likeness (QED) is 0.923. The summed E-state index contributed by atoms with van der Waals surface area (Å²) in [5.74, 6) is 3.21. The largest absolute Gasteiger partial charge is 0.316 e. The van der Waals surface area contributed by atoms with Gasteiger partial charge in [0.05, 0.1) is 15.9 Å². The molecular weight excluding hydrogens is 298 g/mol. The average Bonchev–Trinajstić information content (AvgIpc) is 2.88. The molecule has 1 aromatic heterocycles. The Morgan fingerprint density at radius 1 is 1.53 bits per heavy atom. The molecule has 2 rings (SSSR count). The fourth-order valence-corrected chi connectivity index (χ4v) is 4.67. The maximum Gasteiger partial charge on any atom is 0.0766 e. The van der Waals surface area contributed by atoms with Crippen molar-refractivity contribution in [2.75, 3.05) is 18.6 Å². The summed E-state index contributed by atoms with van der Waals surface area (Å²) in [6.45, 7) is 2.15. The van der Waals surface area contributed by atoms with E-state index in [1.165, 1.54) is 27.4 Å². The van der Waals surface area contributed by atoms with Crippen molar-refractivity contribution < 1.29 is 0 Å². The highest BCUT2D eigenvalue weighted by Gasteiger charge is 2.28. The topological polar surface area (TPSA) is 29.9 Å². The van der Waals surface area contributed by atoms with E-state index in [0.717, 1.165) is 18.8 Å². The number of thioether (sulfide) groups is 1. The third-order valence-corrected chi connectivity index (χ3v) is 5.70. The zero-order valence-corrected chi connectivity index (χ0v) is 13.1. The maximum atomic E-state index is 4.56. The molecule has 96 valence electrons. The number of nitrogens with one attached hydrogen (secondary N) is 1. The van der Waals surface area contributed by atoms with Gasteiger partial charge in [-0.2, -0.15) is 16.9 Å². The maximum absolute atomic E-state index is 4.56. The molecule has 0 aromatic carbocycles. The van der Waals surface area contributed by atoms with Crippen LogP contribution in [0.4, 0.5) is 0 Å². The lowest BCUT2D eigenvalue weighted by Gasteiger charge is -2.18. The predicted molar refractivity (Wildman–Crippen MR) is 77.7 cm³/mol. The molecule has 2 atom stereocenters. The van der Waals surface area contributed by atoms with E-state index >= 15 is 0 Å². The molecule has 0 radical (unpaired) electrons. The Balaban J connectivity index is 2.15. The SMILES string of the molecule is CCc1nn(C)c(CC2CSCC2NC)c1Br. The van der Waals surface area contributed by atoms with Crippen molar-refractivity contribution in [2.24, 2.45) is 13.0 Å². The Morgan fingerprint density at radius 2 is 2.29 bits per heavy atom. The molecule has 1 N–H and O–H groups in total. The van der Waals surface area contributed by atoms with Crippen LogP contribution < -0.4 is 5.32 Å². The van der Waals surface area contributed by atoms with E-state index in [0.29, 0.717) is 6.04 Å². The number of hydrogen-bond donors (Lipinski definition) is 1. The lowest BCUT2D eigenvalue weighted by molar-refractivity contribution is 0.442. The fraction of sp³-hybridized carbons (Fsp3) is 0.750. The third kappa shape index (κ3) is 2.71. The minimum atomic E-state index is 0.645. The van der Waals surface area contributed by atoms with Crippen LogP contribution in [0.25, 0.3) is 0 Å². The summed E-state index contributed by atoms with van der Waals surface area (Å²) < 4.78 is 3.26. The Morgan fingerprint density at radius 3 is 2.88 bits per heavy atom. The van der Waals surface area contributed by atoms with Crippen molar-refractivity contribution in [3.8, 4) is 0 Å². The van der Waals surface area contributed by atoms with Gasteiger partial charge in [0.25, 0.3) is 0 Å². The van der Waals surface area contributed by atoms with E-state index in [9.17, 15) is 0 Å². The molecule has 0 spiro atoms. The second-order valence-electron chi connectivity index (χ2n) is 4.58. The zero-order valence-electron chi connectivity index (χ0n) is 10.7. The highest BCUT2D eigenvalue weighted by Crippen LogP contribution is 2.30. The molecule has 0 aliphatic carbocycles. The lowest BCUT2D eigenvalue weighted by atomic mass is 9.98. The Hall–Kier alpha value is -0.0000000000000000555. The number of hydrogen-bond acceptors (Lipinski definition) is 3. The van der Waals surface area contributed by atoms with Gasteiger partial charge in [-0.15, -0.1) is 0 Å². The summed E-state index contributed by atoms with van der Waals surface area (Å²) in [4.78, 5) is 0. The minimum Gasteiger partial charge on any atom is -0.316 e. The van der Waals surface area contributed by atoms with Gasteiger partial charge in [0, 0.05) is 18.8 Å². The Kier molecular flexibility index (Phi) is 4.55. The van der Waals surface area contributed by atoms with Gasteiger partial charge in [-0.1, -0.05) is 6.92 Å². The van der Waals surface area contributed by atoms with Crippen molar-refractivity contribution in [1.82, 2.24) is 15.1 Å². The van der Waals surface area contributed by atoms with Crippen molar-refractivity contribution in [2.45, 2.75) is 25.8 Å². The number of nitrogens with zero attached hydrogens (tertiary/aromatic N) is 2. The van der Waals surface area contributed by atoms with Crippen LogP contribution >= 0.6 is 27.7 Å². The number of rotatable bonds is 4. The van der Waals surface area contributed by atoms with Crippen LogP contribution in [0.1, 0.15) is 18.3 Å². The van der Waals surface area contributed by atoms with Crippen molar-refractivity contribution in [3.63, 3.8) is 0 Å². The Labute approximate surface area is 116 Å². The van der Waals surface area contributed by atoms with Crippen molar-refractivity contribution >= 4 is 27.7 Å². The van der Waals surface area contributed by atoms with Crippen LogP contribution in [0.5, 0.6) is 0 Å². The first-order valence-corrected chi connectivity index (χ1v) is 8.07. The highest BCUT2D eigenvalue weighted by molar-refractivity contribution is 9.10. The van der Waals surface area contributed by atoms with E-state index in [4.69, 9.17) is 0 Å². The average molecular weight is 318 g/mol. The Bertz CT molecular complexity index is 391. The van der Waals surface area contributed by atoms with E-state index < -0.39 is 0 Å². The molecule has 1 aliphatic heterocycles. The number of halogens is 1. The van der Waals surface area contributed by atoms with Gasteiger partial charge >= 0.3 is 0 Å². The molecule has 1 aromatic rings. The normalized spacial score (nSPS) is 24.5. The monoisotopic (exact) mass is 317 g/mol. The van der Waals surface area contributed by atoms with Crippen molar-refractivity contribution in [1.29, 1.82) is 0 Å². The summed E-state index contributed by atoms with van der Waals surface area (Å²) in [5, 5.41) is 7.99. The molecule has 3 nitrogen and oxygen atoms in total. The summed E-state index contributed by atoms with van der Waals surface area (Å²) >= 11 is 5.75. The zero-order chi connectivity index (χ0) is 12.4. The van der Waals surface area contributed by atoms with E-state index in [-0.39, 0.29) is 0 Å². The molecular formula is C12H20BrN3S. The van der Waals surface area contributed by atoms with Crippen LogP contribution in [0, 0.1) is 5.92 Å². The molecule has 0 saturated carbocycles. The first kappa shape index (κ1) is 13.4. The van der Waals surface area contributed by atoms with Gasteiger partial charge in [-0.3, -0.25) is 4.68 Å².